The van der Waals surface area contributed by atoms with Crippen LogP contribution in [-0.2, 0) is 11.3 Å². The van der Waals surface area contributed by atoms with Crippen molar-refractivity contribution in [2.45, 2.75) is 32.9 Å². The van der Waals surface area contributed by atoms with Crippen LogP contribution < -0.4 is 15.1 Å². The zero-order chi connectivity index (χ0) is 26.6. The summed E-state index contributed by atoms with van der Waals surface area (Å²) in [5, 5.41) is 2.72. The Balaban J connectivity index is 1.44. The van der Waals surface area contributed by atoms with Gasteiger partial charge in [-0.25, -0.2) is 9.59 Å². The van der Waals surface area contributed by atoms with Gasteiger partial charge in [0.1, 0.15) is 5.60 Å². The highest BCUT2D eigenvalue weighted by Gasteiger charge is 2.30. The van der Waals surface area contributed by atoms with Gasteiger partial charge < -0.3 is 14.5 Å². The van der Waals surface area contributed by atoms with Crippen LogP contribution in [0.1, 0.15) is 36.7 Å². The van der Waals surface area contributed by atoms with Gasteiger partial charge in [0, 0.05) is 50.3 Å². The lowest BCUT2D eigenvalue weighted by atomic mass is 10.1. The number of anilines is 3. The Kier molecular flexibility index (Phi) is 7.42. The predicted octanol–water partition coefficient (Wildman–Crippen LogP) is 5.15. The maximum Gasteiger partial charge on any atom is 0.412 e. The number of pyridine rings is 1. The maximum absolute atomic E-state index is 13.3. The van der Waals surface area contributed by atoms with E-state index in [-0.39, 0.29) is 11.9 Å². The number of aromatic nitrogens is 1. The third kappa shape index (κ3) is 6.24. The minimum Gasteiger partial charge on any atom is -0.444 e. The average molecular weight is 502 g/mol. The number of ether oxygens (including phenoxy) is 1. The van der Waals surface area contributed by atoms with Gasteiger partial charge in [-0.1, -0.05) is 18.2 Å². The molecule has 0 saturated carbocycles. The van der Waals surface area contributed by atoms with E-state index in [4.69, 9.17) is 4.74 Å². The zero-order valence-electron chi connectivity index (χ0n) is 21.5. The molecule has 192 valence electrons. The standard InChI is InChI=1S/C28H31N5O4/c1-28(2,3)37-26(35)30-23-9-5-6-10-24(23)31(4)25(34)21-11-13-22(14-12-21)33-17-16-32(27(33)36)19-20-8-7-15-29-18-20/h5-15,18H,16-17,19H2,1-4H3,(H,30,35). The van der Waals surface area contributed by atoms with Crippen molar-refractivity contribution in [3.05, 3.63) is 84.2 Å². The van der Waals surface area contributed by atoms with Gasteiger partial charge in [-0.15, -0.1) is 0 Å². The van der Waals surface area contributed by atoms with E-state index in [0.29, 0.717) is 36.6 Å². The molecule has 1 aliphatic rings. The monoisotopic (exact) mass is 501 g/mol. The number of carbonyl (C=O) groups is 3. The predicted molar refractivity (Wildman–Crippen MR) is 143 cm³/mol. The molecule has 1 aromatic heterocycles. The molecule has 1 saturated heterocycles. The number of carbonyl (C=O) groups excluding carboxylic acids is 3. The molecule has 4 amide bonds. The highest BCUT2D eigenvalue weighted by molar-refractivity contribution is 6.08. The summed E-state index contributed by atoms with van der Waals surface area (Å²) in [6.07, 6.45) is 2.87. The number of rotatable bonds is 6. The Morgan fingerprint density at radius 2 is 1.76 bits per heavy atom. The summed E-state index contributed by atoms with van der Waals surface area (Å²) in [4.78, 5) is 47.5. The molecule has 3 aromatic rings. The molecule has 2 heterocycles. The van der Waals surface area contributed by atoms with Crippen LogP contribution in [0.25, 0.3) is 0 Å². The quantitative estimate of drug-likeness (QED) is 0.504. The first kappa shape index (κ1) is 25.7. The van der Waals surface area contributed by atoms with E-state index >= 15 is 0 Å². The number of nitrogens with one attached hydrogen (secondary N) is 1. The van der Waals surface area contributed by atoms with Gasteiger partial charge in [-0.2, -0.15) is 0 Å². The highest BCUT2D eigenvalue weighted by Crippen LogP contribution is 2.28. The Hall–Kier alpha value is -4.40. The molecule has 0 bridgehead atoms. The topological polar surface area (TPSA) is 95.1 Å². The number of amides is 4. The first-order valence-corrected chi connectivity index (χ1v) is 12.0. The van der Waals surface area contributed by atoms with Crippen LogP contribution in [0.3, 0.4) is 0 Å². The molecule has 4 rings (SSSR count). The maximum atomic E-state index is 13.3. The fraction of sp³-hybridized carbons (Fsp3) is 0.286. The molecular weight excluding hydrogens is 470 g/mol. The van der Waals surface area contributed by atoms with Crippen molar-refractivity contribution in [3.8, 4) is 0 Å². The molecule has 0 aliphatic carbocycles. The van der Waals surface area contributed by atoms with Gasteiger partial charge in [-0.3, -0.25) is 20.0 Å². The highest BCUT2D eigenvalue weighted by atomic mass is 16.6. The van der Waals surface area contributed by atoms with Crippen LogP contribution in [0.2, 0.25) is 0 Å². The van der Waals surface area contributed by atoms with E-state index in [1.54, 1.807) is 98.5 Å². The number of para-hydroxylation sites is 2. The summed E-state index contributed by atoms with van der Waals surface area (Å²) in [6, 6.07) is 17.7. The smallest absolute Gasteiger partial charge is 0.412 e. The number of benzene rings is 2. The Morgan fingerprint density at radius 3 is 2.43 bits per heavy atom. The SMILES string of the molecule is CN(C(=O)c1ccc(N2CCN(Cc3cccnc3)C2=O)cc1)c1ccccc1NC(=O)OC(C)(C)C. The second-order valence-corrected chi connectivity index (χ2v) is 9.77. The summed E-state index contributed by atoms with van der Waals surface area (Å²) in [5.74, 6) is -0.254. The lowest BCUT2D eigenvalue weighted by molar-refractivity contribution is 0.0635. The second-order valence-electron chi connectivity index (χ2n) is 9.77. The molecule has 1 N–H and O–H groups in total. The summed E-state index contributed by atoms with van der Waals surface area (Å²) < 4.78 is 5.34. The lowest BCUT2D eigenvalue weighted by Gasteiger charge is -2.23. The Labute approximate surface area is 216 Å². The molecule has 0 atom stereocenters. The van der Waals surface area contributed by atoms with Gasteiger partial charge in [0.2, 0.25) is 0 Å². The van der Waals surface area contributed by atoms with Crippen molar-refractivity contribution >= 4 is 35.1 Å². The molecule has 1 aliphatic heterocycles. The lowest BCUT2D eigenvalue weighted by Crippen LogP contribution is -2.31. The summed E-state index contributed by atoms with van der Waals surface area (Å²) in [5.41, 5.74) is 2.50. The summed E-state index contributed by atoms with van der Waals surface area (Å²) in [6.45, 7) is 7.03. The van der Waals surface area contributed by atoms with E-state index in [1.165, 1.54) is 4.90 Å². The normalized spacial score (nSPS) is 13.5. The van der Waals surface area contributed by atoms with E-state index in [0.717, 1.165) is 11.3 Å². The fourth-order valence-electron chi connectivity index (χ4n) is 4.05. The first-order chi connectivity index (χ1) is 17.6. The minimum absolute atomic E-state index is 0.0813. The third-order valence-electron chi connectivity index (χ3n) is 5.82. The van der Waals surface area contributed by atoms with Gasteiger partial charge in [0.15, 0.2) is 0 Å². The van der Waals surface area contributed by atoms with Gasteiger partial charge >= 0.3 is 12.1 Å². The van der Waals surface area contributed by atoms with Crippen LogP contribution in [0.15, 0.2) is 73.1 Å². The summed E-state index contributed by atoms with van der Waals surface area (Å²) >= 11 is 0. The fourth-order valence-corrected chi connectivity index (χ4v) is 4.05. The Bertz CT molecular complexity index is 1270. The number of nitrogens with zero attached hydrogens (tertiary/aromatic N) is 4. The average Bonchev–Trinajstić information content (AvgIpc) is 3.22. The molecule has 1 fully saturated rings. The number of hydrogen-bond donors (Lipinski definition) is 1. The van der Waals surface area contributed by atoms with Crippen molar-refractivity contribution < 1.29 is 19.1 Å². The van der Waals surface area contributed by atoms with Crippen LogP contribution in [0, 0.1) is 0 Å². The molecule has 9 nitrogen and oxygen atoms in total. The van der Waals surface area contributed by atoms with Crippen LogP contribution in [0.5, 0.6) is 0 Å². The molecule has 2 aromatic carbocycles. The van der Waals surface area contributed by atoms with Crippen molar-refractivity contribution in [2.75, 3.05) is 35.3 Å². The molecular formula is C28H31N5O4. The van der Waals surface area contributed by atoms with E-state index in [2.05, 4.69) is 10.3 Å². The van der Waals surface area contributed by atoms with E-state index in [1.807, 2.05) is 12.1 Å². The van der Waals surface area contributed by atoms with Gasteiger partial charge in [0.25, 0.3) is 5.91 Å². The minimum atomic E-state index is -0.644. The molecule has 37 heavy (non-hydrogen) atoms. The molecule has 0 unspecified atom stereocenters. The van der Waals surface area contributed by atoms with E-state index in [9.17, 15) is 14.4 Å². The van der Waals surface area contributed by atoms with Crippen LogP contribution in [-0.4, -0.2) is 53.7 Å². The Morgan fingerprint density at radius 1 is 1.03 bits per heavy atom. The first-order valence-electron chi connectivity index (χ1n) is 12.0. The summed E-state index contributed by atoms with van der Waals surface area (Å²) in [7, 11) is 1.65. The molecule has 0 radical (unpaired) electrons. The second kappa shape index (κ2) is 10.7. The van der Waals surface area contributed by atoms with E-state index < -0.39 is 11.7 Å². The largest absolute Gasteiger partial charge is 0.444 e. The number of hydrogen-bond acceptors (Lipinski definition) is 5. The van der Waals surface area contributed by atoms with Crippen molar-refractivity contribution in [2.24, 2.45) is 0 Å². The number of urea groups is 1. The van der Waals surface area contributed by atoms with Crippen molar-refractivity contribution in [1.82, 2.24) is 9.88 Å². The van der Waals surface area contributed by atoms with Gasteiger partial charge in [0.05, 0.1) is 11.4 Å². The van der Waals surface area contributed by atoms with Crippen molar-refractivity contribution in [3.63, 3.8) is 0 Å². The van der Waals surface area contributed by atoms with Gasteiger partial charge in [-0.05, 0) is 68.8 Å². The van der Waals surface area contributed by atoms with Crippen molar-refractivity contribution in [1.29, 1.82) is 0 Å². The third-order valence-corrected chi connectivity index (χ3v) is 5.82. The van der Waals surface area contributed by atoms with Crippen LogP contribution in [0.4, 0.5) is 26.7 Å². The zero-order valence-corrected chi connectivity index (χ0v) is 21.5. The molecule has 0 spiro atoms. The molecule has 9 heteroatoms. The van der Waals surface area contributed by atoms with Crippen LogP contribution >= 0.6 is 0 Å².